The Morgan fingerprint density at radius 1 is 1.45 bits per heavy atom. The normalized spacial score (nSPS) is 10.3. The van der Waals surface area contributed by atoms with Crippen molar-refractivity contribution in [3.8, 4) is 17.0 Å². The second kappa shape index (κ2) is 5.56. The van der Waals surface area contributed by atoms with Crippen molar-refractivity contribution in [1.29, 1.82) is 0 Å². The molecule has 0 saturated carbocycles. The minimum Gasteiger partial charge on any atom is -0.449 e. The Kier molecular flexibility index (Phi) is 3.84. The summed E-state index contributed by atoms with van der Waals surface area (Å²) in [6.07, 6.45) is 0.687. The number of nitrogens with one attached hydrogen (secondary N) is 1. The topological polar surface area (TPSA) is 92.3 Å². The molecule has 2 N–H and O–H groups in total. The summed E-state index contributed by atoms with van der Waals surface area (Å²) >= 11 is 0. The molecule has 20 heavy (non-hydrogen) atoms. The van der Waals surface area contributed by atoms with Gasteiger partial charge in [0.05, 0.1) is 5.69 Å². The van der Waals surface area contributed by atoms with Crippen LogP contribution in [0.1, 0.15) is 18.2 Å². The Morgan fingerprint density at radius 2 is 2.20 bits per heavy atom. The molecule has 0 unspecified atom stereocenters. The fraction of sp³-hybridized carbons (Fsp3) is 0.214. The van der Waals surface area contributed by atoms with Crippen LogP contribution in [-0.2, 0) is 6.42 Å². The molecule has 0 aliphatic heterocycles. The molecule has 0 aromatic carbocycles. The zero-order chi connectivity index (χ0) is 14.7. The van der Waals surface area contributed by atoms with Crippen molar-refractivity contribution in [3.05, 3.63) is 46.0 Å². The van der Waals surface area contributed by atoms with E-state index in [2.05, 4.69) is 14.7 Å². The minimum absolute atomic E-state index is 0.119. The third-order valence-corrected chi connectivity index (χ3v) is 2.91. The summed E-state index contributed by atoms with van der Waals surface area (Å²) in [4.78, 5) is 29.2. The number of hydrogen-bond acceptors (Lipinski definition) is 4. The third-order valence-electron chi connectivity index (χ3n) is 2.91. The maximum Gasteiger partial charge on any atom is 0.511 e. The van der Waals surface area contributed by atoms with E-state index in [0.717, 1.165) is 5.56 Å². The lowest BCUT2D eigenvalue weighted by atomic mass is 10.1. The lowest BCUT2D eigenvalue weighted by Crippen LogP contribution is -2.13. The van der Waals surface area contributed by atoms with Crippen LogP contribution < -0.4 is 10.3 Å². The standard InChI is InChI=1S/C14H14N2O4/c1-3-9-6-11(8(2)16-13(9)17)12-7-10(4-5-15-12)20-14(18)19/h4-7H,3H2,1-2H3,(H,16,17)(H,18,19). The number of aryl methyl sites for hydroxylation is 2. The number of rotatable bonds is 3. The van der Waals surface area contributed by atoms with Gasteiger partial charge in [0.2, 0.25) is 0 Å². The molecule has 0 amide bonds. The lowest BCUT2D eigenvalue weighted by molar-refractivity contribution is 0.144. The van der Waals surface area contributed by atoms with Crippen LogP contribution in [0.15, 0.2) is 29.2 Å². The highest BCUT2D eigenvalue weighted by Crippen LogP contribution is 2.23. The van der Waals surface area contributed by atoms with Crippen LogP contribution in [0.25, 0.3) is 11.3 Å². The summed E-state index contributed by atoms with van der Waals surface area (Å²) in [6.45, 7) is 3.66. The van der Waals surface area contributed by atoms with E-state index in [9.17, 15) is 9.59 Å². The van der Waals surface area contributed by atoms with E-state index in [1.165, 1.54) is 18.3 Å². The Labute approximate surface area is 115 Å². The predicted octanol–water partition coefficient (Wildman–Crippen LogP) is 2.36. The van der Waals surface area contributed by atoms with Gasteiger partial charge in [-0.1, -0.05) is 6.92 Å². The SMILES string of the molecule is CCc1cc(-c2cc(OC(=O)O)ccn2)c(C)[nH]c1=O. The number of carbonyl (C=O) groups is 1. The molecular weight excluding hydrogens is 260 g/mol. The molecule has 0 aliphatic rings. The van der Waals surface area contributed by atoms with E-state index in [-0.39, 0.29) is 11.3 Å². The van der Waals surface area contributed by atoms with Crippen molar-refractivity contribution >= 4 is 6.16 Å². The third kappa shape index (κ3) is 2.85. The first-order chi connectivity index (χ1) is 9.51. The molecule has 6 nitrogen and oxygen atoms in total. The van der Waals surface area contributed by atoms with Crippen molar-refractivity contribution in [1.82, 2.24) is 9.97 Å². The second-order valence-corrected chi connectivity index (χ2v) is 4.26. The zero-order valence-corrected chi connectivity index (χ0v) is 11.1. The molecule has 2 rings (SSSR count). The van der Waals surface area contributed by atoms with E-state index in [4.69, 9.17) is 5.11 Å². The molecule has 0 radical (unpaired) electrons. The van der Waals surface area contributed by atoms with Gasteiger partial charge in [0, 0.05) is 29.1 Å². The summed E-state index contributed by atoms with van der Waals surface area (Å²) < 4.78 is 4.60. The lowest BCUT2D eigenvalue weighted by Gasteiger charge is -2.08. The maximum atomic E-state index is 11.7. The summed E-state index contributed by atoms with van der Waals surface area (Å²) in [5, 5.41) is 8.61. The Balaban J connectivity index is 2.51. The van der Waals surface area contributed by atoms with Crippen LogP contribution in [0.3, 0.4) is 0 Å². The van der Waals surface area contributed by atoms with Crippen LogP contribution in [0.4, 0.5) is 4.79 Å². The van der Waals surface area contributed by atoms with Gasteiger partial charge < -0.3 is 14.8 Å². The van der Waals surface area contributed by atoms with Crippen LogP contribution in [0.2, 0.25) is 0 Å². The minimum atomic E-state index is -1.38. The molecule has 2 aromatic rings. The van der Waals surface area contributed by atoms with Gasteiger partial charge in [0.25, 0.3) is 5.56 Å². The van der Waals surface area contributed by atoms with E-state index in [1.807, 2.05) is 6.92 Å². The average Bonchev–Trinajstić information content (AvgIpc) is 2.38. The number of aromatic nitrogens is 2. The largest absolute Gasteiger partial charge is 0.511 e. The molecule has 0 saturated heterocycles. The molecule has 104 valence electrons. The Bertz CT molecular complexity index is 707. The molecule has 0 fully saturated rings. The van der Waals surface area contributed by atoms with Gasteiger partial charge in [-0.2, -0.15) is 0 Å². The molecule has 2 aromatic heterocycles. The first kappa shape index (κ1) is 13.8. The van der Waals surface area contributed by atoms with Gasteiger partial charge in [-0.25, -0.2) is 4.79 Å². The predicted molar refractivity (Wildman–Crippen MR) is 73.1 cm³/mol. The van der Waals surface area contributed by atoms with Gasteiger partial charge in [-0.05, 0) is 25.5 Å². The highest BCUT2D eigenvalue weighted by atomic mass is 16.7. The average molecular weight is 274 g/mol. The molecule has 0 aliphatic carbocycles. The van der Waals surface area contributed by atoms with Gasteiger partial charge in [0.1, 0.15) is 5.75 Å². The van der Waals surface area contributed by atoms with Crippen LogP contribution in [-0.4, -0.2) is 21.2 Å². The van der Waals surface area contributed by atoms with Crippen molar-refractivity contribution in [2.24, 2.45) is 0 Å². The van der Waals surface area contributed by atoms with Crippen molar-refractivity contribution in [3.63, 3.8) is 0 Å². The van der Waals surface area contributed by atoms with Crippen molar-refractivity contribution in [2.45, 2.75) is 20.3 Å². The number of nitrogens with zero attached hydrogens (tertiary/aromatic N) is 1. The Morgan fingerprint density at radius 3 is 2.85 bits per heavy atom. The molecular formula is C14H14N2O4. The maximum absolute atomic E-state index is 11.7. The zero-order valence-electron chi connectivity index (χ0n) is 11.1. The fourth-order valence-electron chi connectivity index (χ4n) is 1.92. The molecule has 0 spiro atoms. The van der Waals surface area contributed by atoms with Crippen LogP contribution >= 0.6 is 0 Å². The van der Waals surface area contributed by atoms with Gasteiger partial charge in [-0.3, -0.25) is 9.78 Å². The van der Waals surface area contributed by atoms with E-state index >= 15 is 0 Å². The summed E-state index contributed by atoms with van der Waals surface area (Å²) in [7, 11) is 0. The number of carboxylic acid groups (broad SMARTS) is 1. The number of H-pyrrole nitrogens is 1. The quantitative estimate of drug-likeness (QED) is 0.838. The second-order valence-electron chi connectivity index (χ2n) is 4.26. The molecule has 0 atom stereocenters. The number of hydrogen-bond donors (Lipinski definition) is 2. The fourth-order valence-corrected chi connectivity index (χ4v) is 1.92. The number of ether oxygens (including phenoxy) is 1. The first-order valence-corrected chi connectivity index (χ1v) is 6.11. The monoisotopic (exact) mass is 274 g/mol. The van der Waals surface area contributed by atoms with Crippen LogP contribution in [0, 0.1) is 6.92 Å². The van der Waals surface area contributed by atoms with E-state index in [1.54, 1.807) is 13.0 Å². The smallest absolute Gasteiger partial charge is 0.449 e. The van der Waals surface area contributed by atoms with Crippen LogP contribution in [0.5, 0.6) is 5.75 Å². The van der Waals surface area contributed by atoms with Crippen molar-refractivity contribution < 1.29 is 14.6 Å². The van der Waals surface area contributed by atoms with E-state index < -0.39 is 6.16 Å². The highest BCUT2D eigenvalue weighted by molar-refractivity contribution is 5.66. The molecule has 2 heterocycles. The summed E-state index contributed by atoms with van der Waals surface area (Å²) in [5.41, 5.74) is 2.50. The molecule has 0 bridgehead atoms. The summed E-state index contributed by atoms with van der Waals surface area (Å²) in [6, 6.07) is 4.74. The van der Waals surface area contributed by atoms with Gasteiger partial charge in [0.15, 0.2) is 0 Å². The Hall–Kier alpha value is -2.63. The number of aromatic amines is 1. The summed E-state index contributed by atoms with van der Waals surface area (Å²) in [5.74, 6) is 0.186. The number of pyridine rings is 2. The molecule has 6 heteroatoms. The van der Waals surface area contributed by atoms with Gasteiger partial charge >= 0.3 is 6.16 Å². The first-order valence-electron chi connectivity index (χ1n) is 6.11. The van der Waals surface area contributed by atoms with Gasteiger partial charge in [-0.15, -0.1) is 0 Å². The van der Waals surface area contributed by atoms with Crippen molar-refractivity contribution in [2.75, 3.05) is 0 Å². The highest BCUT2D eigenvalue weighted by Gasteiger charge is 2.10. The van der Waals surface area contributed by atoms with E-state index in [0.29, 0.717) is 23.4 Å².